The first-order chi connectivity index (χ1) is 9.67. The standard InChI is InChI=1S/C16H24O4/c1-3-10-20-14-11-13(15(17)12-14)8-6-4-5-7-9-16(18)19-2/h3,11,14H,1,4-10,12H2,2H3. The van der Waals surface area contributed by atoms with Crippen LogP contribution in [0.25, 0.3) is 0 Å². The number of ether oxygens (including phenoxy) is 2. The molecule has 0 amide bonds. The van der Waals surface area contributed by atoms with Crippen molar-refractivity contribution in [2.75, 3.05) is 13.7 Å². The fraction of sp³-hybridized carbons (Fsp3) is 0.625. The largest absolute Gasteiger partial charge is 0.469 e. The molecule has 1 aliphatic carbocycles. The van der Waals surface area contributed by atoms with Gasteiger partial charge in [0.15, 0.2) is 5.78 Å². The number of methoxy groups -OCH3 is 1. The van der Waals surface area contributed by atoms with E-state index in [1.54, 1.807) is 6.08 Å². The molecule has 0 spiro atoms. The summed E-state index contributed by atoms with van der Waals surface area (Å²) in [6.45, 7) is 4.07. The zero-order valence-corrected chi connectivity index (χ0v) is 12.2. The van der Waals surface area contributed by atoms with Crippen LogP contribution in [0.5, 0.6) is 0 Å². The molecule has 1 rings (SSSR count). The third-order valence-electron chi connectivity index (χ3n) is 3.36. The molecule has 0 aromatic rings. The van der Waals surface area contributed by atoms with Crippen molar-refractivity contribution in [2.45, 2.75) is 51.0 Å². The molecule has 4 nitrogen and oxygen atoms in total. The van der Waals surface area contributed by atoms with Crippen molar-refractivity contribution in [1.29, 1.82) is 0 Å². The zero-order valence-electron chi connectivity index (χ0n) is 12.2. The van der Waals surface area contributed by atoms with Crippen LogP contribution in [0.2, 0.25) is 0 Å². The molecular formula is C16H24O4. The summed E-state index contributed by atoms with van der Waals surface area (Å²) in [5.74, 6) is 0.0505. The highest BCUT2D eigenvalue weighted by atomic mass is 16.5. The van der Waals surface area contributed by atoms with Crippen molar-refractivity contribution in [1.82, 2.24) is 0 Å². The first-order valence-corrected chi connectivity index (χ1v) is 7.20. The Labute approximate surface area is 120 Å². The number of Topliss-reactive ketones (excluding diaryl/α,β-unsaturated/α-hetero) is 1. The van der Waals surface area contributed by atoms with Gasteiger partial charge in [-0.15, -0.1) is 6.58 Å². The molecule has 20 heavy (non-hydrogen) atoms. The first kappa shape index (κ1) is 16.6. The Kier molecular flexibility index (Phi) is 7.88. The van der Waals surface area contributed by atoms with Gasteiger partial charge in [-0.05, 0) is 30.9 Å². The summed E-state index contributed by atoms with van der Waals surface area (Å²) < 4.78 is 10.1. The van der Waals surface area contributed by atoms with Crippen LogP contribution >= 0.6 is 0 Å². The Morgan fingerprint density at radius 2 is 2.15 bits per heavy atom. The Morgan fingerprint density at radius 1 is 1.40 bits per heavy atom. The smallest absolute Gasteiger partial charge is 0.305 e. The van der Waals surface area contributed by atoms with Crippen molar-refractivity contribution < 1.29 is 19.1 Å². The summed E-state index contributed by atoms with van der Waals surface area (Å²) in [6.07, 6.45) is 9.17. The lowest BCUT2D eigenvalue weighted by molar-refractivity contribution is -0.140. The topological polar surface area (TPSA) is 52.6 Å². The second-order valence-electron chi connectivity index (χ2n) is 4.97. The molecule has 0 radical (unpaired) electrons. The van der Waals surface area contributed by atoms with Crippen molar-refractivity contribution >= 4 is 11.8 Å². The van der Waals surface area contributed by atoms with E-state index in [2.05, 4.69) is 11.3 Å². The number of carbonyl (C=O) groups excluding carboxylic acids is 2. The number of unbranched alkanes of at least 4 members (excludes halogenated alkanes) is 3. The normalized spacial score (nSPS) is 17.9. The van der Waals surface area contributed by atoms with Gasteiger partial charge in [-0.1, -0.05) is 18.9 Å². The Morgan fingerprint density at radius 3 is 2.85 bits per heavy atom. The minimum Gasteiger partial charge on any atom is -0.469 e. The van der Waals surface area contributed by atoms with Gasteiger partial charge in [0.2, 0.25) is 0 Å². The van der Waals surface area contributed by atoms with E-state index in [0.29, 0.717) is 19.4 Å². The number of ketones is 1. The quantitative estimate of drug-likeness (QED) is 0.351. The molecule has 0 aliphatic heterocycles. The zero-order chi connectivity index (χ0) is 14.8. The SMILES string of the molecule is C=CCOC1C=C(CCCCCCC(=O)OC)C(=O)C1. The van der Waals surface area contributed by atoms with Gasteiger partial charge in [-0.2, -0.15) is 0 Å². The molecule has 0 saturated carbocycles. The van der Waals surface area contributed by atoms with Crippen molar-refractivity contribution in [2.24, 2.45) is 0 Å². The molecule has 0 bridgehead atoms. The van der Waals surface area contributed by atoms with E-state index in [0.717, 1.165) is 37.7 Å². The summed E-state index contributed by atoms with van der Waals surface area (Å²) in [5.41, 5.74) is 0.895. The molecule has 1 aliphatic rings. The van der Waals surface area contributed by atoms with E-state index >= 15 is 0 Å². The van der Waals surface area contributed by atoms with E-state index < -0.39 is 0 Å². The summed E-state index contributed by atoms with van der Waals surface area (Å²) >= 11 is 0. The number of carbonyl (C=O) groups is 2. The van der Waals surface area contributed by atoms with Gasteiger partial charge >= 0.3 is 5.97 Å². The molecule has 0 N–H and O–H groups in total. The van der Waals surface area contributed by atoms with Crippen molar-refractivity contribution in [3.63, 3.8) is 0 Å². The number of allylic oxidation sites excluding steroid dienone is 1. The van der Waals surface area contributed by atoms with E-state index in [4.69, 9.17) is 4.74 Å². The molecule has 0 aromatic heterocycles. The number of hydrogen-bond acceptors (Lipinski definition) is 4. The third-order valence-corrected chi connectivity index (χ3v) is 3.36. The van der Waals surface area contributed by atoms with Gasteiger partial charge in [-0.3, -0.25) is 9.59 Å². The molecule has 0 fully saturated rings. The molecule has 0 saturated heterocycles. The maximum Gasteiger partial charge on any atom is 0.305 e. The van der Waals surface area contributed by atoms with Crippen LogP contribution in [0, 0.1) is 0 Å². The van der Waals surface area contributed by atoms with E-state index in [-0.39, 0.29) is 17.9 Å². The van der Waals surface area contributed by atoms with Gasteiger partial charge in [0.05, 0.1) is 19.8 Å². The maximum atomic E-state index is 11.8. The fourth-order valence-electron chi connectivity index (χ4n) is 2.25. The summed E-state index contributed by atoms with van der Waals surface area (Å²) in [7, 11) is 1.41. The highest BCUT2D eigenvalue weighted by Gasteiger charge is 2.23. The average molecular weight is 280 g/mol. The second-order valence-corrected chi connectivity index (χ2v) is 4.97. The van der Waals surface area contributed by atoms with Crippen LogP contribution in [-0.4, -0.2) is 31.6 Å². The summed E-state index contributed by atoms with van der Waals surface area (Å²) in [5, 5.41) is 0. The highest BCUT2D eigenvalue weighted by Crippen LogP contribution is 2.22. The first-order valence-electron chi connectivity index (χ1n) is 7.20. The van der Waals surface area contributed by atoms with E-state index in [1.165, 1.54) is 7.11 Å². The van der Waals surface area contributed by atoms with Gasteiger partial charge < -0.3 is 9.47 Å². The maximum absolute atomic E-state index is 11.8. The Balaban J connectivity index is 2.13. The van der Waals surface area contributed by atoms with Crippen LogP contribution < -0.4 is 0 Å². The monoisotopic (exact) mass is 280 g/mol. The van der Waals surface area contributed by atoms with E-state index in [1.807, 2.05) is 6.08 Å². The number of esters is 1. The molecule has 1 unspecified atom stereocenters. The number of hydrogen-bond donors (Lipinski definition) is 0. The van der Waals surface area contributed by atoms with Gasteiger partial charge in [0.1, 0.15) is 0 Å². The lowest BCUT2D eigenvalue weighted by Crippen LogP contribution is -2.08. The summed E-state index contributed by atoms with van der Waals surface area (Å²) in [6, 6.07) is 0. The van der Waals surface area contributed by atoms with Gasteiger partial charge in [0.25, 0.3) is 0 Å². The van der Waals surface area contributed by atoms with Crippen molar-refractivity contribution in [3.05, 3.63) is 24.3 Å². The fourth-order valence-corrected chi connectivity index (χ4v) is 2.25. The Bertz CT molecular complexity index is 371. The van der Waals surface area contributed by atoms with Crippen LogP contribution in [0.15, 0.2) is 24.3 Å². The molecule has 112 valence electrons. The third kappa shape index (κ3) is 6.15. The predicted octanol–water partition coefficient (Wildman–Crippen LogP) is 2.97. The average Bonchev–Trinajstić information content (AvgIpc) is 2.80. The second kappa shape index (κ2) is 9.48. The minimum atomic E-state index is -0.152. The van der Waals surface area contributed by atoms with Crippen LogP contribution in [-0.2, 0) is 19.1 Å². The predicted molar refractivity (Wildman–Crippen MR) is 77.4 cm³/mol. The summed E-state index contributed by atoms with van der Waals surface area (Å²) in [4.78, 5) is 22.7. The van der Waals surface area contributed by atoms with Crippen LogP contribution in [0.3, 0.4) is 0 Å². The Hall–Kier alpha value is -1.42. The van der Waals surface area contributed by atoms with E-state index in [9.17, 15) is 9.59 Å². The molecular weight excluding hydrogens is 256 g/mol. The lowest BCUT2D eigenvalue weighted by atomic mass is 10.0. The highest BCUT2D eigenvalue weighted by molar-refractivity contribution is 5.98. The molecule has 4 heteroatoms. The lowest BCUT2D eigenvalue weighted by Gasteiger charge is -2.04. The minimum absolute atomic E-state index is 0.0742. The van der Waals surface area contributed by atoms with Crippen LogP contribution in [0.1, 0.15) is 44.9 Å². The van der Waals surface area contributed by atoms with Crippen LogP contribution in [0.4, 0.5) is 0 Å². The molecule has 1 atom stereocenters. The van der Waals surface area contributed by atoms with Crippen molar-refractivity contribution in [3.8, 4) is 0 Å². The molecule has 0 heterocycles. The number of rotatable bonds is 10. The van der Waals surface area contributed by atoms with Gasteiger partial charge in [-0.25, -0.2) is 0 Å². The van der Waals surface area contributed by atoms with Gasteiger partial charge in [0, 0.05) is 12.8 Å². The molecule has 0 aromatic carbocycles.